The Kier molecular flexibility index (Phi) is 9.78. The zero-order valence-electron chi connectivity index (χ0n) is 24.7. The molecule has 0 bridgehead atoms. The van der Waals surface area contributed by atoms with Crippen molar-refractivity contribution in [3.63, 3.8) is 0 Å². The lowest BCUT2D eigenvalue weighted by molar-refractivity contribution is 0.176. The van der Waals surface area contributed by atoms with Crippen molar-refractivity contribution in [1.29, 1.82) is 0 Å². The number of hydrogen-bond acceptors (Lipinski definition) is 7. The van der Waals surface area contributed by atoms with Crippen LogP contribution in [0.15, 0.2) is 66.9 Å². The molecule has 0 aliphatic carbocycles. The molecule has 226 valence electrons. The Morgan fingerprint density at radius 1 is 0.930 bits per heavy atom. The fourth-order valence-corrected chi connectivity index (χ4v) is 5.02. The average molecular weight is 589 g/mol. The van der Waals surface area contributed by atoms with Crippen molar-refractivity contribution in [2.45, 2.75) is 26.2 Å². The second kappa shape index (κ2) is 14.1. The molecule has 1 fully saturated rings. The van der Waals surface area contributed by atoms with Gasteiger partial charge >= 0.3 is 6.03 Å². The Balaban J connectivity index is 1.22. The third-order valence-electron chi connectivity index (χ3n) is 7.48. The van der Waals surface area contributed by atoms with Crippen molar-refractivity contribution in [2.75, 3.05) is 51.1 Å². The van der Waals surface area contributed by atoms with E-state index >= 15 is 4.39 Å². The number of urea groups is 1. The number of halogens is 1. The third-order valence-corrected chi connectivity index (χ3v) is 7.48. The smallest absolute Gasteiger partial charge is 0.323 e. The Bertz CT molecular complexity index is 1560. The van der Waals surface area contributed by atoms with E-state index in [2.05, 4.69) is 27.4 Å². The van der Waals surface area contributed by atoms with E-state index in [1.54, 1.807) is 62.9 Å². The van der Waals surface area contributed by atoms with Gasteiger partial charge in [-0.25, -0.2) is 9.18 Å². The molecule has 2 amide bonds. The summed E-state index contributed by atoms with van der Waals surface area (Å²) in [5.74, 6) is 2.32. The van der Waals surface area contributed by atoms with Crippen LogP contribution in [0.3, 0.4) is 0 Å². The summed E-state index contributed by atoms with van der Waals surface area (Å²) in [4.78, 5) is 19.4. The predicted molar refractivity (Wildman–Crippen MR) is 165 cm³/mol. The maximum atomic E-state index is 15.1. The molecule has 0 atom stereocenters. The topological polar surface area (TPSA) is 94.2 Å². The third kappa shape index (κ3) is 7.84. The van der Waals surface area contributed by atoms with Crippen LogP contribution in [0.1, 0.15) is 26.2 Å². The first kappa shape index (κ1) is 29.9. The highest BCUT2D eigenvalue weighted by Gasteiger charge is 2.17. The van der Waals surface area contributed by atoms with E-state index in [1.807, 2.05) is 6.07 Å². The van der Waals surface area contributed by atoms with Crippen molar-refractivity contribution in [3.05, 3.63) is 72.7 Å². The fourth-order valence-electron chi connectivity index (χ4n) is 5.02. The first-order valence-corrected chi connectivity index (χ1v) is 14.4. The van der Waals surface area contributed by atoms with Crippen molar-refractivity contribution in [2.24, 2.45) is 5.92 Å². The number of carbonyl (C=O) groups excluding carboxylic acids is 1. The van der Waals surface area contributed by atoms with Gasteiger partial charge in [-0.15, -0.1) is 0 Å². The molecule has 9 nitrogen and oxygen atoms in total. The van der Waals surface area contributed by atoms with Gasteiger partial charge in [0.05, 0.1) is 26.3 Å². The molecular weight excluding hydrogens is 551 g/mol. The lowest BCUT2D eigenvalue weighted by Crippen LogP contribution is -2.34. The maximum absolute atomic E-state index is 15.1. The monoisotopic (exact) mass is 588 g/mol. The van der Waals surface area contributed by atoms with Gasteiger partial charge in [0, 0.05) is 47.7 Å². The Morgan fingerprint density at radius 2 is 1.72 bits per heavy atom. The van der Waals surface area contributed by atoms with Crippen LogP contribution in [0.5, 0.6) is 28.7 Å². The molecule has 1 aliphatic heterocycles. The number of hydrogen-bond donors (Lipinski definition) is 2. The summed E-state index contributed by atoms with van der Waals surface area (Å²) in [6.45, 7) is 6.17. The molecular formula is C33H37FN4O5. The number of carbonyl (C=O) groups is 1. The fraction of sp³-hybridized carbons (Fsp3) is 0.333. The number of aromatic nitrogens is 1. The van der Waals surface area contributed by atoms with Crippen LogP contribution in [-0.2, 0) is 0 Å². The highest BCUT2D eigenvalue weighted by atomic mass is 19.1. The number of nitrogens with zero attached hydrogens (tertiary/aromatic N) is 2. The highest BCUT2D eigenvalue weighted by molar-refractivity contribution is 5.99. The number of benzene rings is 3. The van der Waals surface area contributed by atoms with E-state index in [0.29, 0.717) is 46.2 Å². The predicted octanol–water partition coefficient (Wildman–Crippen LogP) is 7.33. The molecule has 4 aromatic rings. The maximum Gasteiger partial charge on any atom is 0.323 e. The van der Waals surface area contributed by atoms with Crippen molar-refractivity contribution in [3.8, 4) is 28.7 Å². The first-order chi connectivity index (χ1) is 20.9. The Morgan fingerprint density at radius 3 is 2.47 bits per heavy atom. The molecule has 0 radical (unpaired) electrons. The second-order valence-electron chi connectivity index (χ2n) is 10.6. The van der Waals surface area contributed by atoms with E-state index in [-0.39, 0.29) is 11.4 Å². The molecule has 3 aromatic carbocycles. The van der Waals surface area contributed by atoms with Gasteiger partial charge < -0.3 is 34.5 Å². The number of anilines is 2. The first-order valence-electron chi connectivity index (χ1n) is 14.4. The minimum Gasteiger partial charge on any atom is -0.497 e. The average Bonchev–Trinajstić information content (AvgIpc) is 3.01. The normalized spacial score (nSPS) is 13.9. The van der Waals surface area contributed by atoms with Crippen molar-refractivity contribution < 1.29 is 28.1 Å². The van der Waals surface area contributed by atoms with Crippen LogP contribution < -0.4 is 29.6 Å². The SMILES string of the molecule is COc1cccc(NC(=O)Nc2ccc(Oc3ccnc4cc(OCCCN5CCC(C)CC5)c(OC)cc34)c(F)c2)c1. The number of nitrogens with one attached hydrogen (secondary N) is 2. The number of likely N-dealkylation sites (tertiary alicyclic amines) is 1. The summed E-state index contributed by atoms with van der Waals surface area (Å²) in [6.07, 6.45) is 5.02. The number of fused-ring (bicyclic) bond motifs is 1. The molecule has 0 unspecified atom stereocenters. The lowest BCUT2D eigenvalue weighted by atomic mass is 9.99. The molecule has 1 saturated heterocycles. The molecule has 43 heavy (non-hydrogen) atoms. The summed E-state index contributed by atoms with van der Waals surface area (Å²) in [6, 6.07) is 15.9. The number of piperidine rings is 1. The summed E-state index contributed by atoms with van der Waals surface area (Å²) >= 11 is 0. The van der Waals surface area contributed by atoms with Gasteiger partial charge in [0.1, 0.15) is 11.5 Å². The Labute approximate surface area is 250 Å². The van der Waals surface area contributed by atoms with Crippen LogP contribution in [0, 0.1) is 11.7 Å². The molecule has 0 spiro atoms. The zero-order chi connectivity index (χ0) is 30.2. The van der Waals surface area contributed by atoms with E-state index in [4.69, 9.17) is 18.9 Å². The number of amides is 2. The van der Waals surface area contributed by atoms with Gasteiger partial charge in [-0.3, -0.25) is 4.98 Å². The summed E-state index contributed by atoms with van der Waals surface area (Å²) in [5, 5.41) is 5.96. The largest absolute Gasteiger partial charge is 0.497 e. The van der Waals surface area contributed by atoms with Gasteiger partial charge in [-0.2, -0.15) is 0 Å². The van der Waals surface area contributed by atoms with Gasteiger partial charge in [0.15, 0.2) is 23.1 Å². The lowest BCUT2D eigenvalue weighted by Gasteiger charge is -2.30. The number of ether oxygens (including phenoxy) is 4. The van der Waals surface area contributed by atoms with Crippen LogP contribution in [0.2, 0.25) is 0 Å². The minimum absolute atomic E-state index is 0.00217. The van der Waals surface area contributed by atoms with Crippen molar-refractivity contribution in [1.82, 2.24) is 9.88 Å². The molecule has 10 heteroatoms. The van der Waals surface area contributed by atoms with E-state index in [9.17, 15) is 4.79 Å². The number of rotatable bonds is 11. The van der Waals surface area contributed by atoms with Crippen LogP contribution in [0.25, 0.3) is 10.9 Å². The molecule has 2 N–H and O–H groups in total. The van der Waals surface area contributed by atoms with Gasteiger partial charge in [0.25, 0.3) is 0 Å². The number of methoxy groups -OCH3 is 2. The van der Waals surface area contributed by atoms with Gasteiger partial charge in [-0.1, -0.05) is 13.0 Å². The van der Waals surface area contributed by atoms with Crippen LogP contribution in [0.4, 0.5) is 20.6 Å². The molecule has 1 aliphatic rings. The molecule has 1 aromatic heterocycles. The summed E-state index contributed by atoms with van der Waals surface area (Å²) < 4.78 is 37.9. The standard InChI is InChI=1S/C33H37FN4O5/c1-22-11-15-38(16-12-22)14-5-17-42-32-21-28-26(20-31(32)41-3)29(10-13-35-28)43-30-9-8-24(19-27(30)34)37-33(39)36-23-6-4-7-25(18-23)40-2/h4,6-10,13,18-22H,5,11-12,14-17H2,1-3H3,(H2,36,37,39). The highest BCUT2D eigenvalue weighted by Crippen LogP contribution is 2.38. The molecule has 0 saturated carbocycles. The van der Waals surface area contributed by atoms with Crippen LogP contribution in [-0.4, -0.2) is 56.4 Å². The second-order valence-corrected chi connectivity index (χ2v) is 10.6. The van der Waals surface area contributed by atoms with E-state index in [1.165, 1.54) is 25.0 Å². The number of pyridine rings is 1. The van der Waals surface area contributed by atoms with Gasteiger partial charge in [-0.05, 0) is 74.7 Å². The van der Waals surface area contributed by atoms with Gasteiger partial charge in [0.2, 0.25) is 0 Å². The summed E-state index contributed by atoms with van der Waals surface area (Å²) in [5.41, 5.74) is 1.44. The van der Waals surface area contributed by atoms with Crippen LogP contribution >= 0.6 is 0 Å². The molecule has 5 rings (SSSR count). The zero-order valence-corrected chi connectivity index (χ0v) is 24.7. The van der Waals surface area contributed by atoms with E-state index in [0.717, 1.165) is 32.0 Å². The Hall–Kier alpha value is -4.57. The van der Waals surface area contributed by atoms with Crippen molar-refractivity contribution >= 4 is 28.3 Å². The quantitative estimate of drug-likeness (QED) is 0.177. The van der Waals surface area contributed by atoms with E-state index < -0.39 is 11.8 Å². The minimum atomic E-state index is -0.640. The molecule has 2 heterocycles. The summed E-state index contributed by atoms with van der Waals surface area (Å²) in [7, 11) is 3.12.